The number of anilines is 2. The van der Waals surface area contributed by atoms with Gasteiger partial charge >= 0.3 is 0 Å². The fourth-order valence-electron chi connectivity index (χ4n) is 1.75. The zero-order valence-electron chi connectivity index (χ0n) is 11.7. The third kappa shape index (κ3) is 4.21. The van der Waals surface area contributed by atoms with E-state index in [4.69, 9.17) is 4.74 Å². The van der Waals surface area contributed by atoms with Crippen molar-refractivity contribution in [3.63, 3.8) is 0 Å². The maximum atomic E-state index is 5.36. The van der Waals surface area contributed by atoms with Crippen molar-refractivity contribution in [2.24, 2.45) is 0 Å². The van der Waals surface area contributed by atoms with Gasteiger partial charge in [-0.15, -0.1) is 0 Å². The molecule has 1 N–H and O–H groups in total. The molecule has 1 aromatic rings. The molecule has 1 aliphatic rings. The van der Waals surface area contributed by atoms with Gasteiger partial charge in [0.15, 0.2) is 5.16 Å². The molecule has 7 heteroatoms. The highest BCUT2D eigenvalue weighted by atomic mass is 32.2. The van der Waals surface area contributed by atoms with Crippen molar-refractivity contribution in [2.75, 3.05) is 43.1 Å². The van der Waals surface area contributed by atoms with Crippen LogP contribution in [-0.4, -0.2) is 53.0 Å². The highest BCUT2D eigenvalue weighted by Crippen LogP contribution is 2.22. The second-order valence-corrected chi connectivity index (χ2v) is 6.08. The number of thioether (sulfide) groups is 1. The number of ether oxygens (including phenoxy) is 1. The summed E-state index contributed by atoms with van der Waals surface area (Å²) in [7, 11) is 0. The molecular formula is C12H21N5OS. The van der Waals surface area contributed by atoms with Gasteiger partial charge in [-0.05, 0) is 6.92 Å². The van der Waals surface area contributed by atoms with Crippen LogP contribution in [0.2, 0.25) is 0 Å². The number of rotatable bonds is 5. The number of hydrogen-bond donors (Lipinski definition) is 1. The fourth-order valence-corrected chi connectivity index (χ4v) is 2.45. The Kier molecular flexibility index (Phi) is 5.21. The minimum atomic E-state index is 0.453. The summed E-state index contributed by atoms with van der Waals surface area (Å²) in [5.74, 6) is 1.40. The van der Waals surface area contributed by atoms with Crippen molar-refractivity contribution >= 4 is 23.7 Å². The molecule has 0 aliphatic carbocycles. The molecule has 1 fully saturated rings. The van der Waals surface area contributed by atoms with Gasteiger partial charge in [0.1, 0.15) is 0 Å². The Labute approximate surface area is 118 Å². The number of nitrogens with zero attached hydrogens (tertiary/aromatic N) is 4. The van der Waals surface area contributed by atoms with Crippen LogP contribution >= 0.6 is 11.8 Å². The molecule has 0 unspecified atom stereocenters. The van der Waals surface area contributed by atoms with Crippen LogP contribution in [0.3, 0.4) is 0 Å². The first-order valence-electron chi connectivity index (χ1n) is 6.68. The molecule has 6 nitrogen and oxygen atoms in total. The normalized spacial score (nSPS) is 15.9. The first-order chi connectivity index (χ1) is 9.19. The van der Waals surface area contributed by atoms with Gasteiger partial charge in [-0.2, -0.15) is 15.0 Å². The summed E-state index contributed by atoms with van der Waals surface area (Å²) in [6, 6.07) is 0. The van der Waals surface area contributed by atoms with E-state index in [1.165, 1.54) is 0 Å². The first kappa shape index (κ1) is 14.3. The van der Waals surface area contributed by atoms with Gasteiger partial charge in [-0.25, -0.2) is 0 Å². The Morgan fingerprint density at radius 3 is 2.63 bits per heavy atom. The van der Waals surface area contributed by atoms with E-state index in [0.717, 1.165) is 44.0 Å². The zero-order valence-corrected chi connectivity index (χ0v) is 12.5. The number of nitrogens with one attached hydrogen (secondary N) is 1. The van der Waals surface area contributed by atoms with Crippen molar-refractivity contribution in [2.45, 2.75) is 31.2 Å². The number of hydrogen-bond acceptors (Lipinski definition) is 7. The van der Waals surface area contributed by atoms with E-state index < -0.39 is 0 Å². The molecule has 1 aliphatic heterocycles. The Bertz CT molecular complexity index is 409. The highest BCUT2D eigenvalue weighted by Gasteiger charge is 2.16. The summed E-state index contributed by atoms with van der Waals surface area (Å²) < 4.78 is 5.36. The van der Waals surface area contributed by atoms with Gasteiger partial charge in [0.05, 0.1) is 13.2 Å². The fraction of sp³-hybridized carbons (Fsp3) is 0.750. The third-order valence-electron chi connectivity index (χ3n) is 2.57. The summed E-state index contributed by atoms with van der Waals surface area (Å²) in [6.07, 6.45) is 0. The predicted molar refractivity (Wildman–Crippen MR) is 78.0 cm³/mol. The molecule has 0 bridgehead atoms. The summed E-state index contributed by atoms with van der Waals surface area (Å²) in [6.45, 7) is 10.2. The average molecular weight is 283 g/mol. The largest absolute Gasteiger partial charge is 0.378 e. The van der Waals surface area contributed by atoms with Crippen LogP contribution in [0.1, 0.15) is 20.8 Å². The molecule has 0 saturated carbocycles. The Morgan fingerprint density at radius 2 is 2.00 bits per heavy atom. The monoisotopic (exact) mass is 283 g/mol. The van der Waals surface area contributed by atoms with Crippen LogP contribution in [0.5, 0.6) is 0 Å². The third-order valence-corrected chi connectivity index (χ3v) is 3.44. The molecular weight excluding hydrogens is 262 g/mol. The van der Waals surface area contributed by atoms with Crippen LogP contribution in [0.15, 0.2) is 5.16 Å². The number of morpholine rings is 1. The standard InChI is InChI=1S/C12H21N5OS/c1-4-13-10-14-11(17-5-7-18-8-6-17)16-12(15-10)19-9(2)3/h9H,4-8H2,1-3H3,(H,13,14,15,16). The Balaban J connectivity index is 2.21. The average Bonchev–Trinajstić information content (AvgIpc) is 2.39. The van der Waals surface area contributed by atoms with Gasteiger partial charge < -0.3 is 15.0 Å². The molecule has 106 valence electrons. The molecule has 1 aromatic heterocycles. The summed E-state index contributed by atoms with van der Waals surface area (Å²) in [5, 5.41) is 4.40. The van der Waals surface area contributed by atoms with E-state index in [-0.39, 0.29) is 0 Å². The van der Waals surface area contributed by atoms with Crippen LogP contribution < -0.4 is 10.2 Å². The molecule has 0 radical (unpaired) electrons. The van der Waals surface area contributed by atoms with Crippen LogP contribution in [0.25, 0.3) is 0 Å². The molecule has 0 amide bonds. The van der Waals surface area contributed by atoms with Crippen molar-refractivity contribution in [1.82, 2.24) is 15.0 Å². The minimum absolute atomic E-state index is 0.453. The number of aromatic nitrogens is 3. The van der Waals surface area contributed by atoms with Crippen molar-refractivity contribution in [1.29, 1.82) is 0 Å². The molecule has 2 heterocycles. The maximum absolute atomic E-state index is 5.36. The predicted octanol–water partition coefficient (Wildman–Crippen LogP) is 1.64. The Hall–Kier alpha value is -1.08. The minimum Gasteiger partial charge on any atom is -0.378 e. The lowest BCUT2D eigenvalue weighted by Crippen LogP contribution is -2.37. The first-order valence-corrected chi connectivity index (χ1v) is 7.56. The van der Waals surface area contributed by atoms with Gasteiger partial charge in [0.2, 0.25) is 11.9 Å². The maximum Gasteiger partial charge on any atom is 0.231 e. The Morgan fingerprint density at radius 1 is 1.26 bits per heavy atom. The lowest BCUT2D eigenvalue weighted by Gasteiger charge is -2.27. The van der Waals surface area contributed by atoms with Crippen molar-refractivity contribution < 1.29 is 4.74 Å². The molecule has 0 atom stereocenters. The molecule has 0 spiro atoms. The van der Waals surface area contributed by atoms with Gasteiger partial charge in [0.25, 0.3) is 0 Å². The topological polar surface area (TPSA) is 63.2 Å². The van der Waals surface area contributed by atoms with Crippen LogP contribution in [0, 0.1) is 0 Å². The van der Waals surface area contributed by atoms with E-state index in [1.54, 1.807) is 11.8 Å². The molecule has 19 heavy (non-hydrogen) atoms. The zero-order chi connectivity index (χ0) is 13.7. The van der Waals surface area contributed by atoms with E-state index in [9.17, 15) is 0 Å². The second-order valence-electron chi connectivity index (χ2n) is 4.54. The molecule has 2 rings (SSSR count). The van der Waals surface area contributed by atoms with E-state index in [0.29, 0.717) is 11.2 Å². The van der Waals surface area contributed by atoms with Crippen LogP contribution in [0.4, 0.5) is 11.9 Å². The lowest BCUT2D eigenvalue weighted by molar-refractivity contribution is 0.122. The van der Waals surface area contributed by atoms with Gasteiger partial charge in [-0.1, -0.05) is 25.6 Å². The smallest absolute Gasteiger partial charge is 0.231 e. The molecule has 0 aromatic carbocycles. The van der Waals surface area contributed by atoms with E-state index >= 15 is 0 Å². The van der Waals surface area contributed by atoms with Gasteiger partial charge in [0, 0.05) is 24.9 Å². The highest BCUT2D eigenvalue weighted by molar-refractivity contribution is 7.99. The van der Waals surface area contributed by atoms with E-state index in [2.05, 4.69) is 39.0 Å². The second kappa shape index (κ2) is 6.91. The SMILES string of the molecule is CCNc1nc(SC(C)C)nc(N2CCOCC2)n1. The van der Waals surface area contributed by atoms with Crippen molar-refractivity contribution in [3.05, 3.63) is 0 Å². The lowest BCUT2D eigenvalue weighted by atomic mass is 10.4. The molecule has 1 saturated heterocycles. The summed E-state index contributed by atoms with van der Waals surface area (Å²) in [5.41, 5.74) is 0. The summed E-state index contributed by atoms with van der Waals surface area (Å²) >= 11 is 1.66. The quantitative estimate of drug-likeness (QED) is 0.824. The van der Waals surface area contributed by atoms with Crippen molar-refractivity contribution in [3.8, 4) is 0 Å². The summed E-state index contributed by atoms with van der Waals surface area (Å²) in [4.78, 5) is 15.6. The van der Waals surface area contributed by atoms with Gasteiger partial charge in [-0.3, -0.25) is 0 Å². The van der Waals surface area contributed by atoms with Crippen LogP contribution in [-0.2, 0) is 4.74 Å². The van der Waals surface area contributed by atoms with E-state index in [1.807, 2.05) is 6.92 Å².